The zero-order chi connectivity index (χ0) is 15.4. The average Bonchev–Trinajstić information content (AvgIpc) is 2.48. The topological polar surface area (TPSA) is 20.3 Å². The highest BCUT2D eigenvalue weighted by Gasteiger charge is 2.18. The predicted molar refractivity (Wildman–Crippen MR) is 90.5 cm³/mol. The van der Waals surface area contributed by atoms with Gasteiger partial charge in [-0.2, -0.15) is 0 Å². The lowest BCUT2D eigenvalue weighted by molar-refractivity contribution is 0.0751. The molecule has 1 amide bonds. The molecule has 0 N–H and O–H groups in total. The maximum absolute atomic E-state index is 12.8. The van der Waals surface area contributed by atoms with Gasteiger partial charge in [0.05, 0.1) is 5.56 Å². The Balaban J connectivity index is 2.27. The van der Waals surface area contributed by atoms with Gasteiger partial charge in [0.15, 0.2) is 0 Å². The zero-order valence-electron chi connectivity index (χ0n) is 12.7. The van der Waals surface area contributed by atoms with E-state index in [-0.39, 0.29) is 5.91 Å². The van der Waals surface area contributed by atoms with E-state index in [1.807, 2.05) is 49.1 Å². The first-order valence-electron chi connectivity index (χ1n) is 7.13. The lowest BCUT2D eigenvalue weighted by Gasteiger charge is -2.23. The van der Waals surface area contributed by atoms with Gasteiger partial charge in [-0.05, 0) is 59.5 Å². The van der Waals surface area contributed by atoms with E-state index in [9.17, 15) is 4.79 Å². The summed E-state index contributed by atoms with van der Waals surface area (Å²) in [5.41, 5.74) is 4.21. The second-order valence-corrected chi connectivity index (χ2v) is 5.98. The molecule has 0 aliphatic heterocycles. The number of rotatable bonds is 4. The molecular formula is C18H20BrNO. The third-order valence-corrected chi connectivity index (χ3v) is 4.77. The van der Waals surface area contributed by atoms with Crippen LogP contribution in [0.3, 0.4) is 0 Å². The number of carbonyl (C=O) groups excluding carboxylic acids is 1. The molecule has 0 heterocycles. The van der Waals surface area contributed by atoms with Gasteiger partial charge in [0.1, 0.15) is 0 Å². The van der Waals surface area contributed by atoms with Crippen LogP contribution in [0.25, 0.3) is 0 Å². The van der Waals surface area contributed by atoms with Gasteiger partial charge in [-0.3, -0.25) is 4.79 Å². The largest absolute Gasteiger partial charge is 0.335 e. The van der Waals surface area contributed by atoms with Crippen LogP contribution in [-0.4, -0.2) is 17.4 Å². The number of aryl methyl sites for hydroxylation is 2. The summed E-state index contributed by atoms with van der Waals surface area (Å²) in [5.74, 6) is 0.0660. The highest BCUT2D eigenvalue weighted by Crippen LogP contribution is 2.23. The number of benzene rings is 2. The number of hydrogen-bond donors (Lipinski definition) is 0. The van der Waals surface area contributed by atoms with Crippen molar-refractivity contribution in [3.63, 3.8) is 0 Å². The van der Waals surface area contributed by atoms with Crippen molar-refractivity contribution in [2.24, 2.45) is 0 Å². The summed E-state index contributed by atoms with van der Waals surface area (Å²) in [6, 6.07) is 14.0. The van der Waals surface area contributed by atoms with Gasteiger partial charge in [-0.25, -0.2) is 0 Å². The molecule has 0 atom stereocenters. The molecule has 0 aromatic heterocycles. The molecule has 0 radical (unpaired) electrons. The lowest BCUT2D eigenvalue weighted by Crippen LogP contribution is -2.31. The summed E-state index contributed by atoms with van der Waals surface area (Å²) in [6.07, 6.45) is 0. The van der Waals surface area contributed by atoms with Crippen LogP contribution in [0, 0.1) is 13.8 Å². The second-order valence-electron chi connectivity index (χ2n) is 5.18. The van der Waals surface area contributed by atoms with Gasteiger partial charge >= 0.3 is 0 Å². The molecule has 0 aliphatic carbocycles. The van der Waals surface area contributed by atoms with Crippen LogP contribution in [-0.2, 0) is 6.54 Å². The molecule has 2 rings (SSSR count). The van der Waals surface area contributed by atoms with E-state index in [0.717, 1.165) is 15.6 Å². The molecule has 2 aromatic carbocycles. The Kier molecular flexibility index (Phi) is 5.18. The molecule has 110 valence electrons. The summed E-state index contributed by atoms with van der Waals surface area (Å²) in [7, 11) is 0. The fourth-order valence-electron chi connectivity index (χ4n) is 2.30. The quantitative estimate of drug-likeness (QED) is 0.784. The van der Waals surface area contributed by atoms with E-state index in [4.69, 9.17) is 0 Å². The number of carbonyl (C=O) groups is 1. The molecule has 3 heteroatoms. The van der Waals surface area contributed by atoms with Gasteiger partial charge in [-0.1, -0.05) is 36.4 Å². The van der Waals surface area contributed by atoms with Gasteiger partial charge in [0.2, 0.25) is 0 Å². The number of hydrogen-bond acceptors (Lipinski definition) is 1. The Hall–Kier alpha value is -1.61. The molecule has 0 bridgehead atoms. The number of amides is 1. The summed E-state index contributed by atoms with van der Waals surface area (Å²) in [6.45, 7) is 7.42. The highest BCUT2D eigenvalue weighted by molar-refractivity contribution is 9.10. The minimum atomic E-state index is 0.0660. The number of halogens is 1. The fraction of sp³-hybridized carbons (Fsp3) is 0.278. The van der Waals surface area contributed by atoms with Crippen molar-refractivity contribution in [3.05, 3.63) is 69.2 Å². The van der Waals surface area contributed by atoms with E-state index in [0.29, 0.717) is 13.1 Å². The van der Waals surface area contributed by atoms with E-state index < -0.39 is 0 Å². The van der Waals surface area contributed by atoms with E-state index >= 15 is 0 Å². The lowest BCUT2D eigenvalue weighted by atomic mass is 10.1. The fourth-order valence-corrected chi connectivity index (χ4v) is 2.74. The summed E-state index contributed by atoms with van der Waals surface area (Å²) >= 11 is 3.53. The van der Waals surface area contributed by atoms with Crippen molar-refractivity contribution in [1.29, 1.82) is 0 Å². The predicted octanol–water partition coefficient (Wildman–Crippen LogP) is 4.73. The van der Waals surface area contributed by atoms with E-state index in [1.165, 1.54) is 11.1 Å². The Bertz CT molecular complexity index is 651. The standard InChI is InChI=1S/C18H20BrNO/c1-4-20(12-15-10-6-5-8-13(15)2)18(21)16-11-7-9-14(3)17(16)19/h5-11H,4,12H2,1-3H3. The summed E-state index contributed by atoms with van der Waals surface area (Å²) in [4.78, 5) is 14.6. The molecule has 2 nitrogen and oxygen atoms in total. The van der Waals surface area contributed by atoms with Crippen LogP contribution in [0.4, 0.5) is 0 Å². The van der Waals surface area contributed by atoms with E-state index in [1.54, 1.807) is 0 Å². The van der Waals surface area contributed by atoms with Crippen LogP contribution in [0.5, 0.6) is 0 Å². The molecule has 2 aromatic rings. The minimum Gasteiger partial charge on any atom is -0.335 e. The first-order valence-corrected chi connectivity index (χ1v) is 7.92. The summed E-state index contributed by atoms with van der Waals surface area (Å²) < 4.78 is 0.887. The Morgan fingerprint density at radius 2 is 1.71 bits per heavy atom. The zero-order valence-corrected chi connectivity index (χ0v) is 14.3. The Morgan fingerprint density at radius 3 is 2.38 bits per heavy atom. The van der Waals surface area contributed by atoms with Crippen molar-refractivity contribution in [2.45, 2.75) is 27.3 Å². The summed E-state index contributed by atoms with van der Waals surface area (Å²) in [5, 5.41) is 0. The van der Waals surface area contributed by atoms with Gasteiger partial charge in [0.25, 0.3) is 5.91 Å². The maximum atomic E-state index is 12.8. The molecule has 0 spiro atoms. The van der Waals surface area contributed by atoms with Crippen molar-refractivity contribution < 1.29 is 4.79 Å². The number of nitrogens with zero attached hydrogens (tertiary/aromatic N) is 1. The van der Waals surface area contributed by atoms with Crippen LogP contribution in [0.1, 0.15) is 34.0 Å². The van der Waals surface area contributed by atoms with Crippen LogP contribution >= 0.6 is 15.9 Å². The SMILES string of the molecule is CCN(Cc1ccccc1C)C(=O)c1cccc(C)c1Br. The van der Waals surface area contributed by atoms with Crippen molar-refractivity contribution in [3.8, 4) is 0 Å². The van der Waals surface area contributed by atoms with E-state index in [2.05, 4.69) is 35.0 Å². The molecule has 0 saturated carbocycles. The first kappa shape index (κ1) is 15.8. The maximum Gasteiger partial charge on any atom is 0.255 e. The molecule has 0 unspecified atom stereocenters. The third kappa shape index (κ3) is 3.53. The Labute approximate surface area is 134 Å². The van der Waals surface area contributed by atoms with Crippen molar-refractivity contribution >= 4 is 21.8 Å². The monoisotopic (exact) mass is 345 g/mol. The third-order valence-electron chi connectivity index (χ3n) is 3.71. The Morgan fingerprint density at radius 1 is 1.05 bits per heavy atom. The second kappa shape index (κ2) is 6.90. The normalized spacial score (nSPS) is 10.5. The van der Waals surface area contributed by atoms with Crippen LogP contribution in [0.15, 0.2) is 46.9 Å². The van der Waals surface area contributed by atoms with Crippen molar-refractivity contribution in [2.75, 3.05) is 6.54 Å². The molecule has 0 fully saturated rings. The molecule has 0 aliphatic rings. The van der Waals surface area contributed by atoms with Crippen LogP contribution < -0.4 is 0 Å². The highest BCUT2D eigenvalue weighted by atomic mass is 79.9. The smallest absolute Gasteiger partial charge is 0.255 e. The van der Waals surface area contributed by atoms with Crippen molar-refractivity contribution in [1.82, 2.24) is 4.90 Å². The minimum absolute atomic E-state index is 0.0660. The molecule has 0 saturated heterocycles. The van der Waals surface area contributed by atoms with Gasteiger partial charge in [0, 0.05) is 17.6 Å². The molecular weight excluding hydrogens is 326 g/mol. The average molecular weight is 346 g/mol. The van der Waals surface area contributed by atoms with Gasteiger partial charge < -0.3 is 4.90 Å². The first-order chi connectivity index (χ1) is 10.0. The molecule has 21 heavy (non-hydrogen) atoms. The van der Waals surface area contributed by atoms with Crippen LogP contribution in [0.2, 0.25) is 0 Å². The van der Waals surface area contributed by atoms with Gasteiger partial charge in [-0.15, -0.1) is 0 Å².